The van der Waals surface area contributed by atoms with E-state index < -0.39 is 0 Å². The average Bonchev–Trinajstić information content (AvgIpc) is 2.24. The highest BCUT2D eigenvalue weighted by Crippen LogP contribution is 2.23. The number of halogens is 1. The van der Waals surface area contributed by atoms with Crippen LogP contribution in [0.3, 0.4) is 0 Å². The second-order valence-electron chi connectivity index (χ2n) is 3.44. The van der Waals surface area contributed by atoms with Gasteiger partial charge < -0.3 is 0 Å². The van der Waals surface area contributed by atoms with Gasteiger partial charge in [-0.2, -0.15) is 0 Å². The molecule has 2 aromatic rings. The van der Waals surface area contributed by atoms with Gasteiger partial charge in [-0.25, -0.2) is 9.97 Å². The molecule has 76 valence electrons. The lowest BCUT2D eigenvalue weighted by Gasteiger charge is -2.06. The third-order valence-electron chi connectivity index (χ3n) is 2.45. The van der Waals surface area contributed by atoms with Gasteiger partial charge in [0, 0.05) is 15.7 Å². The molecule has 0 spiro atoms. The first-order chi connectivity index (χ1) is 7.18. The van der Waals surface area contributed by atoms with E-state index in [1.54, 1.807) is 6.33 Å². The SMILES string of the molecule is Cc1ncnc(-c2ccc(Br)cc2)c1C. The van der Waals surface area contributed by atoms with Crippen molar-refractivity contribution in [2.75, 3.05) is 0 Å². The number of benzene rings is 1. The van der Waals surface area contributed by atoms with Crippen molar-refractivity contribution in [2.24, 2.45) is 0 Å². The predicted octanol–water partition coefficient (Wildman–Crippen LogP) is 3.52. The van der Waals surface area contributed by atoms with E-state index in [1.807, 2.05) is 26.0 Å². The van der Waals surface area contributed by atoms with Gasteiger partial charge >= 0.3 is 0 Å². The summed E-state index contributed by atoms with van der Waals surface area (Å²) in [5.74, 6) is 0. The molecule has 1 aromatic heterocycles. The zero-order valence-corrected chi connectivity index (χ0v) is 10.2. The van der Waals surface area contributed by atoms with Crippen LogP contribution in [0.1, 0.15) is 11.3 Å². The van der Waals surface area contributed by atoms with Gasteiger partial charge in [-0.3, -0.25) is 0 Å². The minimum Gasteiger partial charge on any atom is -0.241 e. The molecule has 1 aromatic carbocycles. The zero-order valence-electron chi connectivity index (χ0n) is 8.66. The van der Waals surface area contributed by atoms with Crippen molar-refractivity contribution in [3.63, 3.8) is 0 Å². The van der Waals surface area contributed by atoms with Crippen LogP contribution in [0.15, 0.2) is 35.1 Å². The van der Waals surface area contributed by atoms with Crippen LogP contribution in [0.2, 0.25) is 0 Å². The maximum Gasteiger partial charge on any atom is 0.116 e. The second kappa shape index (κ2) is 4.11. The average molecular weight is 263 g/mol. The molecular formula is C12H11BrN2. The summed E-state index contributed by atoms with van der Waals surface area (Å²) in [6.07, 6.45) is 1.61. The number of rotatable bonds is 1. The summed E-state index contributed by atoms with van der Waals surface area (Å²) in [6.45, 7) is 4.05. The Balaban J connectivity index is 2.54. The Bertz CT molecular complexity index is 477. The third-order valence-corrected chi connectivity index (χ3v) is 2.98. The molecule has 0 radical (unpaired) electrons. The number of hydrogen-bond donors (Lipinski definition) is 0. The number of nitrogens with zero attached hydrogens (tertiary/aromatic N) is 2. The molecule has 0 fully saturated rings. The molecule has 0 saturated heterocycles. The molecule has 0 saturated carbocycles. The van der Waals surface area contributed by atoms with E-state index in [0.717, 1.165) is 27.0 Å². The molecule has 0 N–H and O–H groups in total. The largest absolute Gasteiger partial charge is 0.241 e. The van der Waals surface area contributed by atoms with Crippen molar-refractivity contribution < 1.29 is 0 Å². The van der Waals surface area contributed by atoms with Crippen LogP contribution in [0, 0.1) is 13.8 Å². The summed E-state index contributed by atoms with van der Waals surface area (Å²) in [5.41, 5.74) is 4.30. The van der Waals surface area contributed by atoms with Gasteiger partial charge in [0.1, 0.15) is 6.33 Å². The van der Waals surface area contributed by atoms with Gasteiger partial charge in [-0.05, 0) is 31.5 Å². The van der Waals surface area contributed by atoms with Gasteiger partial charge in [0.15, 0.2) is 0 Å². The molecule has 0 unspecified atom stereocenters. The summed E-state index contributed by atoms with van der Waals surface area (Å²) in [5, 5.41) is 0. The fraction of sp³-hybridized carbons (Fsp3) is 0.167. The van der Waals surface area contributed by atoms with Crippen LogP contribution < -0.4 is 0 Å². The van der Waals surface area contributed by atoms with Crippen LogP contribution >= 0.6 is 15.9 Å². The molecule has 0 amide bonds. The topological polar surface area (TPSA) is 25.8 Å². The van der Waals surface area contributed by atoms with Crippen molar-refractivity contribution in [2.45, 2.75) is 13.8 Å². The van der Waals surface area contributed by atoms with Crippen molar-refractivity contribution >= 4 is 15.9 Å². The first kappa shape index (κ1) is 10.3. The molecule has 3 heteroatoms. The number of aryl methyl sites for hydroxylation is 1. The lowest BCUT2D eigenvalue weighted by Crippen LogP contribution is -1.94. The Labute approximate surface area is 97.5 Å². The van der Waals surface area contributed by atoms with E-state index in [-0.39, 0.29) is 0 Å². The molecule has 15 heavy (non-hydrogen) atoms. The summed E-state index contributed by atoms with van der Waals surface area (Å²) in [7, 11) is 0. The third kappa shape index (κ3) is 2.07. The van der Waals surface area contributed by atoms with Crippen molar-refractivity contribution in [3.8, 4) is 11.3 Å². The van der Waals surface area contributed by atoms with E-state index in [2.05, 4.69) is 38.0 Å². The number of hydrogen-bond acceptors (Lipinski definition) is 2. The molecule has 2 nitrogen and oxygen atoms in total. The molecular weight excluding hydrogens is 252 g/mol. The van der Waals surface area contributed by atoms with E-state index >= 15 is 0 Å². The molecule has 0 aliphatic rings. The fourth-order valence-corrected chi connectivity index (χ4v) is 1.70. The summed E-state index contributed by atoms with van der Waals surface area (Å²) < 4.78 is 1.08. The monoisotopic (exact) mass is 262 g/mol. The van der Waals surface area contributed by atoms with Crippen LogP contribution in [0.4, 0.5) is 0 Å². The maximum atomic E-state index is 4.31. The number of aromatic nitrogens is 2. The summed E-state index contributed by atoms with van der Waals surface area (Å²) in [4.78, 5) is 8.47. The lowest BCUT2D eigenvalue weighted by molar-refractivity contribution is 1.07. The Morgan fingerprint density at radius 3 is 2.33 bits per heavy atom. The smallest absolute Gasteiger partial charge is 0.116 e. The summed E-state index contributed by atoms with van der Waals surface area (Å²) >= 11 is 3.42. The minimum absolute atomic E-state index is 1.01. The van der Waals surface area contributed by atoms with Crippen LogP contribution in [-0.2, 0) is 0 Å². The summed E-state index contributed by atoms with van der Waals surface area (Å²) in [6, 6.07) is 8.15. The van der Waals surface area contributed by atoms with Crippen LogP contribution in [0.5, 0.6) is 0 Å². The van der Waals surface area contributed by atoms with Crippen LogP contribution in [-0.4, -0.2) is 9.97 Å². The zero-order chi connectivity index (χ0) is 10.8. The highest BCUT2D eigenvalue weighted by atomic mass is 79.9. The molecule has 0 bridgehead atoms. The first-order valence-electron chi connectivity index (χ1n) is 4.72. The lowest BCUT2D eigenvalue weighted by atomic mass is 10.1. The molecule has 0 atom stereocenters. The van der Waals surface area contributed by atoms with Crippen molar-refractivity contribution in [1.82, 2.24) is 9.97 Å². The Morgan fingerprint density at radius 2 is 1.67 bits per heavy atom. The van der Waals surface area contributed by atoms with E-state index in [1.165, 1.54) is 0 Å². The van der Waals surface area contributed by atoms with Crippen LogP contribution in [0.25, 0.3) is 11.3 Å². The molecule has 0 aliphatic heterocycles. The van der Waals surface area contributed by atoms with Gasteiger partial charge in [-0.1, -0.05) is 28.1 Å². The Morgan fingerprint density at radius 1 is 1.00 bits per heavy atom. The Kier molecular flexibility index (Phi) is 2.82. The van der Waals surface area contributed by atoms with Gasteiger partial charge in [0.2, 0.25) is 0 Å². The van der Waals surface area contributed by atoms with Gasteiger partial charge in [0.25, 0.3) is 0 Å². The Hall–Kier alpha value is -1.22. The molecule has 2 rings (SSSR count). The predicted molar refractivity (Wildman–Crippen MR) is 64.6 cm³/mol. The molecule has 1 heterocycles. The van der Waals surface area contributed by atoms with E-state index in [4.69, 9.17) is 0 Å². The standard InChI is InChI=1S/C12H11BrN2/c1-8-9(2)14-7-15-12(8)10-3-5-11(13)6-4-10/h3-7H,1-2H3. The normalized spacial score (nSPS) is 10.3. The van der Waals surface area contributed by atoms with E-state index in [0.29, 0.717) is 0 Å². The molecule has 0 aliphatic carbocycles. The first-order valence-corrected chi connectivity index (χ1v) is 5.52. The fourth-order valence-electron chi connectivity index (χ4n) is 1.44. The highest BCUT2D eigenvalue weighted by molar-refractivity contribution is 9.10. The quantitative estimate of drug-likeness (QED) is 0.786. The van der Waals surface area contributed by atoms with Gasteiger partial charge in [0.05, 0.1) is 5.69 Å². The highest BCUT2D eigenvalue weighted by Gasteiger charge is 2.05. The van der Waals surface area contributed by atoms with Gasteiger partial charge in [-0.15, -0.1) is 0 Å². The van der Waals surface area contributed by atoms with Crippen molar-refractivity contribution in [3.05, 3.63) is 46.3 Å². The second-order valence-corrected chi connectivity index (χ2v) is 4.36. The van der Waals surface area contributed by atoms with Crippen molar-refractivity contribution in [1.29, 1.82) is 0 Å². The van der Waals surface area contributed by atoms with E-state index in [9.17, 15) is 0 Å². The maximum absolute atomic E-state index is 4.31. The minimum atomic E-state index is 1.01.